The molecule has 5 heteroatoms. The highest BCUT2D eigenvalue weighted by Crippen LogP contribution is 2.19. The van der Waals surface area contributed by atoms with Crippen LogP contribution in [0.5, 0.6) is 0 Å². The van der Waals surface area contributed by atoms with E-state index in [1.54, 1.807) is 24.0 Å². The van der Waals surface area contributed by atoms with Gasteiger partial charge in [0.25, 0.3) is 5.91 Å². The number of nitrogens with one attached hydrogen (secondary N) is 1. The van der Waals surface area contributed by atoms with Gasteiger partial charge in [0, 0.05) is 35.7 Å². The minimum absolute atomic E-state index is 0.00162. The predicted octanol–water partition coefficient (Wildman–Crippen LogP) is 1.69. The summed E-state index contributed by atoms with van der Waals surface area (Å²) in [6.45, 7) is 4.78. The molecule has 2 N–H and O–H groups in total. The molecule has 0 atom stereocenters. The fourth-order valence-electron chi connectivity index (χ4n) is 1.32. The van der Waals surface area contributed by atoms with Crippen LogP contribution >= 0.6 is 11.8 Å². The lowest BCUT2D eigenvalue weighted by Crippen LogP contribution is -2.36. The summed E-state index contributed by atoms with van der Waals surface area (Å²) in [4.78, 5) is 16.1. The number of rotatable bonds is 5. The molecule has 0 bridgehead atoms. The number of carbonyl (C=O) groups is 1. The SMILES string of the molecule is CSC(C)(C)CNC(=O)c1cncc(C#CCCO)c1. The summed E-state index contributed by atoms with van der Waals surface area (Å²) in [5, 5.41) is 11.6. The summed E-state index contributed by atoms with van der Waals surface area (Å²) < 4.78 is 0.00162. The van der Waals surface area contributed by atoms with Crippen LogP contribution in [0.3, 0.4) is 0 Å². The lowest BCUT2D eigenvalue weighted by molar-refractivity contribution is 0.0950. The van der Waals surface area contributed by atoms with Gasteiger partial charge in [0.05, 0.1) is 12.2 Å². The van der Waals surface area contributed by atoms with Crippen LogP contribution in [0.4, 0.5) is 0 Å². The van der Waals surface area contributed by atoms with Gasteiger partial charge >= 0.3 is 0 Å². The van der Waals surface area contributed by atoms with Crippen molar-refractivity contribution in [2.75, 3.05) is 19.4 Å². The largest absolute Gasteiger partial charge is 0.395 e. The Labute approximate surface area is 124 Å². The molecular formula is C15H20N2O2S. The van der Waals surface area contributed by atoms with Crippen molar-refractivity contribution in [3.63, 3.8) is 0 Å². The van der Waals surface area contributed by atoms with Gasteiger partial charge in [-0.05, 0) is 26.2 Å². The van der Waals surface area contributed by atoms with E-state index in [9.17, 15) is 4.79 Å². The summed E-state index contributed by atoms with van der Waals surface area (Å²) >= 11 is 1.70. The van der Waals surface area contributed by atoms with E-state index in [4.69, 9.17) is 5.11 Å². The van der Waals surface area contributed by atoms with Gasteiger partial charge in [-0.1, -0.05) is 11.8 Å². The molecular weight excluding hydrogens is 272 g/mol. The first-order valence-corrected chi connectivity index (χ1v) is 7.59. The Morgan fingerprint density at radius 2 is 2.25 bits per heavy atom. The van der Waals surface area contributed by atoms with Crippen LogP contribution in [-0.4, -0.2) is 40.2 Å². The van der Waals surface area contributed by atoms with Crippen LogP contribution in [0.2, 0.25) is 0 Å². The van der Waals surface area contributed by atoms with E-state index >= 15 is 0 Å². The van der Waals surface area contributed by atoms with Gasteiger partial charge in [0.15, 0.2) is 0 Å². The first-order chi connectivity index (χ1) is 9.48. The number of thioether (sulfide) groups is 1. The zero-order chi connectivity index (χ0) is 15.0. The van der Waals surface area contributed by atoms with E-state index in [0.29, 0.717) is 24.1 Å². The first-order valence-electron chi connectivity index (χ1n) is 6.36. The van der Waals surface area contributed by atoms with Gasteiger partial charge in [-0.2, -0.15) is 11.8 Å². The molecule has 0 aliphatic rings. The van der Waals surface area contributed by atoms with E-state index in [1.165, 1.54) is 6.20 Å². The van der Waals surface area contributed by atoms with Crippen molar-refractivity contribution >= 4 is 17.7 Å². The van der Waals surface area contributed by atoms with Crippen molar-refractivity contribution in [2.24, 2.45) is 0 Å². The van der Waals surface area contributed by atoms with E-state index in [0.717, 1.165) is 0 Å². The van der Waals surface area contributed by atoms with Crippen molar-refractivity contribution < 1.29 is 9.90 Å². The lowest BCUT2D eigenvalue weighted by atomic mass is 10.1. The molecule has 0 fully saturated rings. The number of carbonyl (C=O) groups excluding carboxylic acids is 1. The molecule has 1 rings (SSSR count). The summed E-state index contributed by atoms with van der Waals surface area (Å²) in [6, 6.07) is 1.71. The fraction of sp³-hybridized carbons (Fsp3) is 0.467. The molecule has 0 saturated carbocycles. The summed E-state index contributed by atoms with van der Waals surface area (Å²) in [6.07, 6.45) is 5.56. The van der Waals surface area contributed by atoms with Crippen LogP contribution in [0.15, 0.2) is 18.5 Å². The average molecular weight is 292 g/mol. The normalized spacial score (nSPS) is 10.6. The fourth-order valence-corrected chi connectivity index (χ4v) is 1.54. The monoisotopic (exact) mass is 292 g/mol. The highest BCUT2D eigenvalue weighted by molar-refractivity contribution is 7.99. The molecule has 1 heterocycles. The maximum atomic E-state index is 12.0. The highest BCUT2D eigenvalue weighted by Gasteiger charge is 2.17. The average Bonchev–Trinajstić information content (AvgIpc) is 2.45. The number of amides is 1. The molecule has 108 valence electrons. The molecule has 1 amide bonds. The van der Waals surface area contributed by atoms with Crippen molar-refractivity contribution in [1.29, 1.82) is 0 Å². The second-order valence-corrected chi connectivity index (χ2v) is 6.40. The zero-order valence-electron chi connectivity index (χ0n) is 12.1. The van der Waals surface area contributed by atoms with E-state index in [-0.39, 0.29) is 17.3 Å². The number of pyridine rings is 1. The maximum Gasteiger partial charge on any atom is 0.252 e. The molecule has 0 aliphatic carbocycles. The Bertz CT molecular complexity index is 518. The molecule has 0 aliphatic heterocycles. The lowest BCUT2D eigenvalue weighted by Gasteiger charge is -2.22. The number of nitrogens with zero attached hydrogens (tertiary/aromatic N) is 1. The third-order valence-corrected chi connectivity index (χ3v) is 3.95. The van der Waals surface area contributed by atoms with Crippen molar-refractivity contribution in [1.82, 2.24) is 10.3 Å². The van der Waals surface area contributed by atoms with Crippen LogP contribution in [0.25, 0.3) is 0 Å². The molecule has 4 nitrogen and oxygen atoms in total. The predicted molar refractivity (Wildman–Crippen MR) is 82.7 cm³/mol. The molecule has 1 aromatic rings. The highest BCUT2D eigenvalue weighted by atomic mass is 32.2. The minimum atomic E-state index is -0.148. The van der Waals surface area contributed by atoms with Gasteiger partial charge < -0.3 is 10.4 Å². The molecule has 1 aromatic heterocycles. The second-order valence-electron chi connectivity index (χ2n) is 4.88. The quantitative estimate of drug-likeness (QED) is 0.811. The Balaban J connectivity index is 2.70. The standard InChI is InChI=1S/C15H20N2O2S/c1-15(2,20-3)11-17-14(19)13-8-12(9-16-10-13)6-4-5-7-18/h8-10,18H,5,7,11H2,1-3H3,(H,17,19). The van der Waals surface area contributed by atoms with Gasteiger partial charge in [0.1, 0.15) is 0 Å². The minimum Gasteiger partial charge on any atom is -0.395 e. The first kappa shape index (κ1) is 16.5. The molecule has 0 radical (unpaired) electrons. The number of hydrogen-bond acceptors (Lipinski definition) is 4. The van der Waals surface area contributed by atoms with Gasteiger partial charge in [0.2, 0.25) is 0 Å². The Hall–Kier alpha value is -1.51. The Kier molecular flexibility index (Phi) is 6.56. The van der Waals surface area contributed by atoms with E-state index < -0.39 is 0 Å². The van der Waals surface area contributed by atoms with Crippen LogP contribution in [0, 0.1) is 11.8 Å². The number of aliphatic hydroxyl groups excluding tert-OH is 1. The molecule has 0 saturated heterocycles. The molecule has 20 heavy (non-hydrogen) atoms. The van der Waals surface area contributed by atoms with Gasteiger partial charge in [-0.25, -0.2) is 0 Å². The van der Waals surface area contributed by atoms with Crippen molar-refractivity contribution in [3.05, 3.63) is 29.6 Å². The summed E-state index contributed by atoms with van der Waals surface area (Å²) in [5.41, 5.74) is 1.17. The zero-order valence-corrected chi connectivity index (χ0v) is 12.9. The van der Waals surface area contributed by atoms with Crippen LogP contribution in [0.1, 0.15) is 36.2 Å². The van der Waals surface area contributed by atoms with Gasteiger partial charge in [-0.15, -0.1) is 0 Å². The second kappa shape index (κ2) is 7.93. The van der Waals surface area contributed by atoms with Crippen molar-refractivity contribution in [2.45, 2.75) is 25.0 Å². The van der Waals surface area contributed by atoms with E-state index in [1.807, 2.05) is 6.26 Å². The number of hydrogen-bond donors (Lipinski definition) is 2. The van der Waals surface area contributed by atoms with Crippen molar-refractivity contribution in [3.8, 4) is 11.8 Å². The third-order valence-electron chi connectivity index (χ3n) is 2.70. The van der Waals surface area contributed by atoms with Gasteiger partial charge in [-0.3, -0.25) is 9.78 Å². The summed E-state index contributed by atoms with van der Waals surface area (Å²) in [7, 11) is 0. The van der Waals surface area contributed by atoms with Crippen LogP contribution in [-0.2, 0) is 0 Å². The third kappa shape index (κ3) is 5.64. The van der Waals surface area contributed by atoms with E-state index in [2.05, 4.69) is 36.0 Å². The maximum absolute atomic E-state index is 12.0. The number of aromatic nitrogens is 1. The molecule has 0 aromatic carbocycles. The Morgan fingerprint density at radius 3 is 2.90 bits per heavy atom. The molecule has 0 spiro atoms. The molecule has 0 unspecified atom stereocenters. The topological polar surface area (TPSA) is 62.2 Å². The Morgan fingerprint density at radius 1 is 1.50 bits per heavy atom. The summed E-state index contributed by atoms with van der Waals surface area (Å²) in [5.74, 6) is 5.53. The number of aliphatic hydroxyl groups is 1. The van der Waals surface area contributed by atoms with Crippen LogP contribution < -0.4 is 5.32 Å². The smallest absolute Gasteiger partial charge is 0.252 e.